The van der Waals surface area contributed by atoms with Gasteiger partial charge in [0.1, 0.15) is 18.1 Å². The van der Waals surface area contributed by atoms with Crippen LogP contribution in [0.4, 0.5) is 0 Å². The van der Waals surface area contributed by atoms with E-state index in [9.17, 15) is 4.79 Å². The number of nitrogens with zero attached hydrogens (tertiary/aromatic N) is 4. The summed E-state index contributed by atoms with van der Waals surface area (Å²) in [6.45, 7) is 7.21. The first-order valence-electron chi connectivity index (χ1n) is 8.17. The Labute approximate surface area is 145 Å². The van der Waals surface area contributed by atoms with E-state index in [1.807, 2.05) is 50.1 Å². The smallest absolute Gasteiger partial charge is 0.298 e. The van der Waals surface area contributed by atoms with Gasteiger partial charge in [-0.3, -0.25) is 9.69 Å². The first kappa shape index (κ1) is 17.2. The third kappa shape index (κ3) is 3.71. The predicted molar refractivity (Wildman–Crippen MR) is 94.8 cm³/mol. The van der Waals surface area contributed by atoms with Crippen LogP contribution in [0.5, 0.6) is 5.75 Å². The second kappa shape index (κ2) is 7.06. The van der Waals surface area contributed by atoms with E-state index < -0.39 is 0 Å². The average Bonchev–Trinajstić information content (AvgIpc) is 2.95. The summed E-state index contributed by atoms with van der Waals surface area (Å²) in [6.07, 6.45) is 0. The fourth-order valence-corrected chi connectivity index (χ4v) is 2.76. The van der Waals surface area contributed by atoms with Crippen LogP contribution in [0, 0.1) is 20.8 Å². The highest BCUT2D eigenvalue weighted by atomic mass is 16.5. The monoisotopic (exact) mass is 342 g/mol. The zero-order chi connectivity index (χ0) is 18.0. The van der Waals surface area contributed by atoms with Gasteiger partial charge in [-0.15, -0.1) is 0 Å². The molecule has 1 aromatic carbocycles. The fourth-order valence-electron chi connectivity index (χ4n) is 2.76. The molecule has 2 aromatic heterocycles. The third-order valence-electron chi connectivity index (χ3n) is 4.04. The van der Waals surface area contributed by atoms with Crippen LogP contribution < -0.4 is 10.3 Å². The molecule has 2 heterocycles. The molecule has 0 N–H and O–H groups in total. The summed E-state index contributed by atoms with van der Waals surface area (Å²) in [6, 6.07) is 7.93. The molecule has 7 nitrogen and oxygen atoms in total. The van der Waals surface area contributed by atoms with E-state index >= 15 is 0 Å². The standard InChI is InChI=1S/C18H22N4O3/c1-12-6-5-7-15(10-12)24-9-8-21(4)11-22-18(23)17-16(13(2)19-22)14(3)25-20-17/h5-7,10H,8-9,11H2,1-4H3. The molecule has 0 saturated heterocycles. The lowest BCUT2D eigenvalue weighted by molar-refractivity contribution is 0.195. The van der Waals surface area contributed by atoms with Gasteiger partial charge < -0.3 is 9.26 Å². The second-order valence-electron chi connectivity index (χ2n) is 6.24. The van der Waals surface area contributed by atoms with Gasteiger partial charge in [-0.2, -0.15) is 5.10 Å². The molecule has 0 aliphatic carbocycles. The Hall–Kier alpha value is -2.67. The van der Waals surface area contributed by atoms with Gasteiger partial charge >= 0.3 is 0 Å². The van der Waals surface area contributed by atoms with Gasteiger partial charge in [-0.1, -0.05) is 17.3 Å². The number of aromatic nitrogens is 3. The molecule has 0 amide bonds. The first-order chi connectivity index (χ1) is 12.0. The summed E-state index contributed by atoms with van der Waals surface area (Å²) in [4.78, 5) is 14.5. The number of rotatable bonds is 6. The van der Waals surface area contributed by atoms with Crippen LogP contribution in [-0.4, -0.2) is 40.0 Å². The van der Waals surface area contributed by atoms with Crippen LogP contribution in [0.25, 0.3) is 10.9 Å². The number of likely N-dealkylation sites (N-methyl/N-ethyl adjacent to an activating group) is 1. The molecule has 0 aliphatic rings. The van der Waals surface area contributed by atoms with Crippen LogP contribution in [-0.2, 0) is 6.67 Å². The van der Waals surface area contributed by atoms with E-state index in [2.05, 4.69) is 10.3 Å². The molecule has 7 heteroatoms. The van der Waals surface area contributed by atoms with Crippen LogP contribution >= 0.6 is 0 Å². The van der Waals surface area contributed by atoms with Crippen LogP contribution in [0.2, 0.25) is 0 Å². The van der Waals surface area contributed by atoms with Crippen molar-refractivity contribution in [3.8, 4) is 5.75 Å². The van der Waals surface area contributed by atoms with Gasteiger partial charge in [0.25, 0.3) is 5.56 Å². The molecular weight excluding hydrogens is 320 g/mol. The van der Waals surface area contributed by atoms with Gasteiger partial charge in [-0.05, 0) is 45.5 Å². The SMILES string of the molecule is Cc1cccc(OCCN(C)Cn2nc(C)c3c(C)onc3c2=O)c1. The van der Waals surface area contributed by atoms with Crippen molar-refractivity contribution >= 4 is 10.9 Å². The highest BCUT2D eigenvalue weighted by Gasteiger charge is 2.15. The maximum Gasteiger partial charge on any atom is 0.298 e. The highest BCUT2D eigenvalue weighted by molar-refractivity contribution is 5.81. The van der Waals surface area contributed by atoms with Crippen molar-refractivity contribution in [2.45, 2.75) is 27.4 Å². The van der Waals surface area contributed by atoms with E-state index in [1.165, 1.54) is 4.68 Å². The maximum atomic E-state index is 12.5. The van der Waals surface area contributed by atoms with Gasteiger partial charge in [-0.25, -0.2) is 4.68 Å². The lowest BCUT2D eigenvalue weighted by atomic mass is 10.2. The number of hydrogen-bond donors (Lipinski definition) is 0. The zero-order valence-corrected chi connectivity index (χ0v) is 14.9. The summed E-state index contributed by atoms with van der Waals surface area (Å²) in [5.74, 6) is 1.46. The molecule has 3 rings (SSSR count). The van der Waals surface area contributed by atoms with E-state index in [4.69, 9.17) is 9.26 Å². The minimum atomic E-state index is -0.246. The lowest BCUT2D eigenvalue weighted by Gasteiger charge is -2.18. The summed E-state index contributed by atoms with van der Waals surface area (Å²) in [5.41, 5.74) is 1.98. The Balaban J connectivity index is 1.65. The van der Waals surface area contributed by atoms with E-state index in [-0.39, 0.29) is 5.56 Å². The molecule has 0 bridgehead atoms. The van der Waals surface area contributed by atoms with Crippen molar-refractivity contribution in [1.29, 1.82) is 0 Å². The van der Waals surface area contributed by atoms with Gasteiger partial charge in [0.05, 0.1) is 17.7 Å². The largest absolute Gasteiger partial charge is 0.492 e. The number of ether oxygens (including phenoxy) is 1. The number of hydrogen-bond acceptors (Lipinski definition) is 6. The second-order valence-corrected chi connectivity index (χ2v) is 6.24. The van der Waals surface area contributed by atoms with Crippen LogP contribution in [0.1, 0.15) is 17.0 Å². The normalized spacial score (nSPS) is 11.4. The number of aryl methyl sites for hydroxylation is 3. The Kier molecular flexibility index (Phi) is 4.85. The number of benzene rings is 1. The van der Waals surface area contributed by atoms with Gasteiger partial charge in [0, 0.05) is 6.54 Å². The highest BCUT2D eigenvalue weighted by Crippen LogP contribution is 2.16. The van der Waals surface area contributed by atoms with E-state index in [0.717, 1.165) is 17.0 Å². The molecule has 0 fully saturated rings. The summed E-state index contributed by atoms with van der Waals surface area (Å²) in [5, 5.41) is 8.94. The topological polar surface area (TPSA) is 73.4 Å². The molecule has 3 aromatic rings. The average molecular weight is 342 g/mol. The van der Waals surface area contributed by atoms with Crippen LogP contribution in [0.3, 0.4) is 0 Å². The van der Waals surface area contributed by atoms with Gasteiger partial charge in [0.15, 0.2) is 5.52 Å². The van der Waals surface area contributed by atoms with Crippen molar-refractivity contribution in [2.24, 2.45) is 0 Å². The van der Waals surface area contributed by atoms with Crippen molar-refractivity contribution in [2.75, 3.05) is 20.2 Å². The molecule has 0 aliphatic heterocycles. The minimum Gasteiger partial charge on any atom is -0.492 e. The van der Waals surface area contributed by atoms with E-state index in [0.29, 0.717) is 36.5 Å². The third-order valence-corrected chi connectivity index (χ3v) is 4.04. The summed E-state index contributed by atoms with van der Waals surface area (Å²) in [7, 11) is 1.92. The van der Waals surface area contributed by atoms with Crippen molar-refractivity contribution in [3.05, 3.63) is 51.6 Å². The molecule has 25 heavy (non-hydrogen) atoms. The lowest BCUT2D eigenvalue weighted by Crippen LogP contribution is -2.34. The molecule has 0 atom stereocenters. The predicted octanol–water partition coefficient (Wildman–Crippen LogP) is 2.28. The molecular formula is C18H22N4O3. The molecule has 0 unspecified atom stereocenters. The minimum absolute atomic E-state index is 0.246. The molecule has 0 saturated carbocycles. The van der Waals surface area contributed by atoms with Crippen molar-refractivity contribution < 1.29 is 9.26 Å². The molecule has 132 valence electrons. The summed E-state index contributed by atoms with van der Waals surface area (Å²) >= 11 is 0. The first-order valence-corrected chi connectivity index (χ1v) is 8.17. The van der Waals surface area contributed by atoms with Crippen LogP contribution in [0.15, 0.2) is 33.6 Å². The van der Waals surface area contributed by atoms with E-state index in [1.54, 1.807) is 6.92 Å². The Morgan fingerprint density at radius 2 is 2.08 bits per heavy atom. The Bertz CT molecular complexity index is 945. The summed E-state index contributed by atoms with van der Waals surface area (Å²) < 4.78 is 12.3. The molecule has 0 radical (unpaired) electrons. The van der Waals surface area contributed by atoms with Crippen molar-refractivity contribution in [1.82, 2.24) is 19.8 Å². The Morgan fingerprint density at radius 1 is 1.28 bits per heavy atom. The quantitative estimate of drug-likeness (QED) is 0.684. The maximum absolute atomic E-state index is 12.5. The zero-order valence-electron chi connectivity index (χ0n) is 14.9. The Morgan fingerprint density at radius 3 is 2.84 bits per heavy atom. The number of fused-ring (bicyclic) bond motifs is 1. The van der Waals surface area contributed by atoms with Gasteiger partial charge in [0.2, 0.25) is 0 Å². The fraction of sp³-hybridized carbons (Fsp3) is 0.389. The molecule has 0 spiro atoms. The van der Waals surface area contributed by atoms with Crippen molar-refractivity contribution in [3.63, 3.8) is 0 Å².